The lowest BCUT2D eigenvalue weighted by molar-refractivity contribution is -0.132. The molecular weight excluding hydrogens is 439 g/mol. The Morgan fingerprint density at radius 1 is 1.45 bits per heavy atom. The van der Waals surface area contributed by atoms with Crippen LogP contribution in [-0.2, 0) is 14.4 Å². The topological polar surface area (TPSA) is 100 Å². The minimum atomic E-state index is -3.16. The molecule has 2 amide bonds. The minimum absolute atomic E-state index is 0.0185. The number of hydrogen-bond donors (Lipinski definition) is 2. The van der Waals surface area contributed by atoms with Crippen molar-refractivity contribution in [1.82, 2.24) is 10.4 Å². The first-order chi connectivity index (χ1) is 14.7. The van der Waals surface area contributed by atoms with Gasteiger partial charge in [0, 0.05) is 13.1 Å². The van der Waals surface area contributed by atoms with Crippen molar-refractivity contribution in [2.24, 2.45) is 5.73 Å². The number of hydroxylamine groups is 2. The van der Waals surface area contributed by atoms with Gasteiger partial charge in [-0.3, -0.25) is 14.5 Å². The molecule has 13 heteroatoms. The van der Waals surface area contributed by atoms with Crippen molar-refractivity contribution in [2.45, 2.75) is 19.5 Å². The Kier molecular flexibility index (Phi) is 8.68. The van der Waals surface area contributed by atoms with Gasteiger partial charge in [0.2, 0.25) is 0 Å². The highest BCUT2D eigenvalue weighted by atomic mass is 32.1. The zero-order valence-corrected chi connectivity index (χ0v) is 17.8. The highest BCUT2D eigenvalue weighted by Crippen LogP contribution is 2.28. The maximum atomic E-state index is 14.8. The summed E-state index contributed by atoms with van der Waals surface area (Å²) in [6.45, 7) is 2.73. The Hall–Kier alpha value is -2.80. The highest BCUT2D eigenvalue weighted by Gasteiger charge is 2.33. The molecule has 0 aliphatic carbocycles. The molecule has 0 radical (unpaired) electrons. The van der Waals surface area contributed by atoms with Crippen LogP contribution in [0.1, 0.15) is 6.92 Å². The fourth-order valence-corrected chi connectivity index (χ4v) is 3.17. The first-order valence-corrected chi connectivity index (χ1v) is 9.78. The van der Waals surface area contributed by atoms with Gasteiger partial charge in [-0.15, -0.1) is 0 Å². The number of rotatable bonds is 10. The predicted octanol–water partition coefficient (Wildman–Crippen LogP) is 1.47. The third kappa shape index (κ3) is 6.34. The number of alkyl halides is 2. The molecule has 3 N–H and O–H groups in total. The Bertz CT molecular complexity index is 816. The fourth-order valence-electron chi connectivity index (χ4n) is 3.00. The van der Waals surface area contributed by atoms with Gasteiger partial charge in [0.1, 0.15) is 11.9 Å². The lowest BCUT2D eigenvalue weighted by Crippen LogP contribution is -2.41. The van der Waals surface area contributed by atoms with Crippen LogP contribution >= 0.6 is 12.2 Å². The van der Waals surface area contributed by atoms with Gasteiger partial charge in [-0.05, 0) is 37.3 Å². The monoisotopic (exact) mass is 463 g/mol. The van der Waals surface area contributed by atoms with E-state index in [0.717, 1.165) is 0 Å². The Morgan fingerprint density at radius 3 is 2.71 bits per heavy atom. The lowest BCUT2D eigenvalue weighted by Gasteiger charge is -2.28. The second-order valence-corrected chi connectivity index (χ2v) is 6.92. The standard InChI is InChI=1S/C18H24F3N5O4S/c1-3-24(6-7-26(29-2)17(22)31)14-5-4-11(8-13(14)19)25-10-12(30-18(25)28)9-23-16(27)15(20)21/h4-5,8,12,15H,3,6-7,9-10H2,1-2H3,(H2,22,31)(H,23,27)/t12-/m0/s1. The van der Waals surface area contributed by atoms with Crippen LogP contribution in [0.2, 0.25) is 0 Å². The van der Waals surface area contributed by atoms with E-state index in [0.29, 0.717) is 25.3 Å². The van der Waals surface area contributed by atoms with Gasteiger partial charge in [-0.2, -0.15) is 8.78 Å². The number of halogens is 3. The van der Waals surface area contributed by atoms with Crippen LogP contribution < -0.4 is 20.9 Å². The first-order valence-electron chi connectivity index (χ1n) is 9.37. The lowest BCUT2D eigenvalue weighted by atomic mass is 10.2. The molecule has 0 aromatic heterocycles. The molecule has 1 fully saturated rings. The van der Waals surface area contributed by atoms with Crippen molar-refractivity contribution in [3.05, 3.63) is 24.0 Å². The quantitative estimate of drug-likeness (QED) is 0.398. The Morgan fingerprint density at radius 2 is 2.16 bits per heavy atom. The number of likely N-dealkylation sites (N-methyl/N-ethyl adjacent to an activating group) is 1. The fraction of sp³-hybridized carbons (Fsp3) is 0.500. The van der Waals surface area contributed by atoms with Crippen LogP contribution in [0.3, 0.4) is 0 Å². The van der Waals surface area contributed by atoms with Gasteiger partial charge in [-0.25, -0.2) is 14.2 Å². The molecule has 0 saturated carbocycles. The van der Waals surface area contributed by atoms with Gasteiger partial charge in [0.05, 0.1) is 38.1 Å². The number of carbonyl (C=O) groups is 2. The van der Waals surface area contributed by atoms with Crippen LogP contribution in [0, 0.1) is 5.82 Å². The summed E-state index contributed by atoms with van der Waals surface area (Å²) >= 11 is 4.87. The number of hydrogen-bond acceptors (Lipinski definition) is 6. The zero-order chi connectivity index (χ0) is 23.1. The molecule has 2 rings (SSSR count). The number of ether oxygens (including phenoxy) is 1. The average molecular weight is 463 g/mol. The van der Waals surface area contributed by atoms with Crippen molar-refractivity contribution in [3.63, 3.8) is 0 Å². The summed E-state index contributed by atoms with van der Waals surface area (Å²) in [7, 11) is 1.42. The molecule has 172 valence electrons. The number of thiocarbonyl (C=S) groups is 1. The summed E-state index contributed by atoms with van der Waals surface area (Å²) in [6, 6.07) is 4.25. The summed E-state index contributed by atoms with van der Waals surface area (Å²) in [4.78, 5) is 31.0. The molecule has 1 aliphatic heterocycles. The molecule has 0 bridgehead atoms. The number of cyclic esters (lactones) is 1. The van der Waals surface area contributed by atoms with E-state index < -0.39 is 30.3 Å². The number of anilines is 2. The molecule has 1 atom stereocenters. The van der Waals surface area contributed by atoms with E-state index in [4.69, 9.17) is 27.5 Å². The number of amides is 2. The number of carbonyl (C=O) groups excluding carboxylic acids is 2. The van der Waals surface area contributed by atoms with Crippen LogP contribution in [0.4, 0.5) is 29.3 Å². The number of nitrogens with zero attached hydrogens (tertiary/aromatic N) is 3. The van der Waals surface area contributed by atoms with Gasteiger partial charge >= 0.3 is 12.5 Å². The van der Waals surface area contributed by atoms with Gasteiger partial charge < -0.3 is 20.7 Å². The number of nitrogens with two attached hydrogens (primary N) is 1. The summed E-state index contributed by atoms with van der Waals surface area (Å²) in [5.74, 6) is -2.02. The van der Waals surface area contributed by atoms with Crippen LogP contribution in [0.15, 0.2) is 18.2 Å². The van der Waals surface area contributed by atoms with Crippen molar-refractivity contribution >= 4 is 40.7 Å². The third-order valence-electron chi connectivity index (χ3n) is 4.58. The second kappa shape index (κ2) is 11.0. The molecule has 31 heavy (non-hydrogen) atoms. The van der Waals surface area contributed by atoms with Crippen molar-refractivity contribution in [1.29, 1.82) is 0 Å². The molecule has 1 aromatic carbocycles. The molecule has 0 spiro atoms. The van der Waals surface area contributed by atoms with Crippen molar-refractivity contribution < 1.29 is 32.3 Å². The van der Waals surface area contributed by atoms with Gasteiger partial charge in [0.15, 0.2) is 5.11 Å². The van der Waals surface area contributed by atoms with Gasteiger partial charge in [-0.1, -0.05) is 0 Å². The molecule has 1 aromatic rings. The van der Waals surface area contributed by atoms with E-state index in [9.17, 15) is 22.8 Å². The van der Waals surface area contributed by atoms with E-state index in [1.54, 1.807) is 11.0 Å². The minimum Gasteiger partial charge on any atom is -0.442 e. The zero-order valence-electron chi connectivity index (χ0n) is 17.0. The molecule has 1 aliphatic rings. The first kappa shape index (κ1) is 24.5. The molecule has 0 unspecified atom stereocenters. The normalized spacial score (nSPS) is 15.7. The maximum Gasteiger partial charge on any atom is 0.414 e. The number of benzene rings is 1. The Labute approximate surface area is 182 Å². The van der Waals surface area contributed by atoms with E-state index in [2.05, 4.69) is 0 Å². The maximum absolute atomic E-state index is 14.8. The summed E-state index contributed by atoms with van der Waals surface area (Å²) < 4.78 is 44.4. The summed E-state index contributed by atoms with van der Waals surface area (Å²) in [5.41, 5.74) is 6.09. The molecular formula is C18H24F3N5O4S. The summed E-state index contributed by atoms with van der Waals surface area (Å²) in [6.07, 6.45) is -4.75. The van der Waals surface area contributed by atoms with E-state index in [1.807, 2.05) is 12.2 Å². The second-order valence-electron chi connectivity index (χ2n) is 6.50. The third-order valence-corrected chi connectivity index (χ3v) is 4.78. The molecule has 1 saturated heterocycles. The summed E-state index contributed by atoms with van der Waals surface area (Å²) in [5, 5.41) is 3.35. The largest absolute Gasteiger partial charge is 0.442 e. The predicted molar refractivity (Wildman–Crippen MR) is 111 cm³/mol. The van der Waals surface area contributed by atoms with E-state index in [1.165, 1.54) is 29.2 Å². The SMILES string of the molecule is CCN(CCN(OC)C(N)=S)c1ccc(N2C[C@H](CNC(=O)C(F)F)OC2=O)cc1F. The Balaban J connectivity index is 2.04. The number of nitrogens with one attached hydrogen (secondary N) is 1. The van der Waals surface area contributed by atoms with Crippen LogP contribution in [0.5, 0.6) is 0 Å². The average Bonchev–Trinajstić information content (AvgIpc) is 3.10. The van der Waals surface area contributed by atoms with Crippen molar-refractivity contribution in [2.75, 3.05) is 49.6 Å². The smallest absolute Gasteiger partial charge is 0.414 e. The van der Waals surface area contributed by atoms with Crippen LogP contribution in [-0.4, -0.2) is 74.5 Å². The van der Waals surface area contributed by atoms with Crippen LogP contribution in [0.25, 0.3) is 0 Å². The van der Waals surface area contributed by atoms with E-state index >= 15 is 0 Å². The van der Waals surface area contributed by atoms with Gasteiger partial charge in [0.25, 0.3) is 5.91 Å². The van der Waals surface area contributed by atoms with Crippen molar-refractivity contribution in [3.8, 4) is 0 Å². The van der Waals surface area contributed by atoms with E-state index in [-0.39, 0.29) is 23.9 Å². The highest BCUT2D eigenvalue weighted by molar-refractivity contribution is 7.80. The molecule has 1 heterocycles. The molecule has 9 nitrogen and oxygen atoms in total.